The lowest BCUT2D eigenvalue weighted by molar-refractivity contribution is -0.118. The molecule has 1 aromatic rings. The number of ether oxygens (including phenoxy) is 1. The van der Waals surface area contributed by atoms with Gasteiger partial charge in [-0.15, -0.1) is 0 Å². The molecule has 0 spiro atoms. The second-order valence-corrected chi connectivity index (χ2v) is 6.00. The Kier molecular flexibility index (Phi) is 6.85. The number of hydrogen-bond donors (Lipinski definition) is 2. The molecule has 0 fully saturated rings. The van der Waals surface area contributed by atoms with E-state index in [2.05, 4.69) is 45.1 Å². The van der Waals surface area contributed by atoms with Crippen molar-refractivity contribution in [1.29, 1.82) is 0 Å². The van der Waals surface area contributed by atoms with Crippen molar-refractivity contribution < 1.29 is 9.53 Å². The summed E-state index contributed by atoms with van der Waals surface area (Å²) in [4.78, 5) is 12.1. The molecule has 0 saturated heterocycles. The zero-order valence-electron chi connectivity index (χ0n) is 13.8. The number of methoxy groups -OCH3 is 1. The first-order valence-corrected chi connectivity index (χ1v) is 7.55. The zero-order chi connectivity index (χ0) is 16.0. The van der Waals surface area contributed by atoms with Crippen LogP contribution in [0.1, 0.15) is 57.1 Å². The fourth-order valence-corrected chi connectivity index (χ4v) is 2.20. The highest BCUT2D eigenvalue weighted by Gasteiger charge is 2.15. The monoisotopic (exact) mass is 292 g/mol. The second kappa shape index (κ2) is 8.15. The van der Waals surface area contributed by atoms with E-state index in [1.54, 1.807) is 7.11 Å². The molecule has 1 atom stereocenters. The minimum atomic E-state index is -0.234. The average Bonchev–Trinajstić information content (AvgIpc) is 2.44. The molecule has 1 unspecified atom stereocenters. The molecule has 4 nitrogen and oxygen atoms in total. The van der Waals surface area contributed by atoms with Crippen LogP contribution in [0.4, 0.5) is 5.69 Å². The molecule has 4 heteroatoms. The molecular weight excluding hydrogens is 264 g/mol. The Morgan fingerprint density at radius 3 is 2.38 bits per heavy atom. The number of benzene rings is 1. The second-order valence-electron chi connectivity index (χ2n) is 6.00. The predicted molar refractivity (Wildman–Crippen MR) is 87.7 cm³/mol. The number of nitrogens with two attached hydrogens (primary N) is 1. The Morgan fingerprint density at radius 1 is 1.24 bits per heavy atom. The quantitative estimate of drug-likeness (QED) is 0.811. The molecule has 0 aromatic heterocycles. The van der Waals surface area contributed by atoms with Crippen molar-refractivity contribution >= 4 is 11.6 Å². The third kappa shape index (κ3) is 5.14. The van der Waals surface area contributed by atoms with E-state index in [1.807, 2.05) is 6.07 Å². The predicted octanol–water partition coefficient (Wildman–Crippen LogP) is 3.24. The van der Waals surface area contributed by atoms with Gasteiger partial charge in [0.1, 0.15) is 0 Å². The van der Waals surface area contributed by atoms with E-state index in [0.29, 0.717) is 18.4 Å². The molecule has 0 bridgehead atoms. The van der Waals surface area contributed by atoms with E-state index in [-0.39, 0.29) is 18.4 Å². The molecule has 0 saturated carbocycles. The van der Waals surface area contributed by atoms with Crippen molar-refractivity contribution in [3.63, 3.8) is 0 Å². The van der Waals surface area contributed by atoms with Crippen molar-refractivity contribution in [2.45, 2.75) is 52.1 Å². The number of nitrogens with one attached hydrogen (secondary N) is 1. The molecule has 1 rings (SSSR count). The van der Waals surface area contributed by atoms with Crippen molar-refractivity contribution in [3.05, 3.63) is 29.3 Å². The normalized spacial score (nSPS) is 12.8. The van der Waals surface area contributed by atoms with Gasteiger partial charge in [-0.3, -0.25) is 4.79 Å². The summed E-state index contributed by atoms with van der Waals surface area (Å²) in [5.74, 6) is 0.764. The van der Waals surface area contributed by atoms with Gasteiger partial charge in [0.15, 0.2) is 0 Å². The van der Waals surface area contributed by atoms with Gasteiger partial charge >= 0.3 is 0 Å². The zero-order valence-corrected chi connectivity index (χ0v) is 13.8. The first kappa shape index (κ1) is 17.7. The van der Waals surface area contributed by atoms with Crippen LogP contribution in [-0.2, 0) is 9.53 Å². The standard InChI is InChI=1S/C17H28N2O2/c1-11(2)13-6-7-16(15(8-13)12(3)4)19-17(20)9-14(10-18)21-5/h6-8,11-12,14H,9-10,18H2,1-5H3,(H,19,20). The first-order valence-electron chi connectivity index (χ1n) is 7.55. The molecule has 118 valence electrons. The van der Waals surface area contributed by atoms with Crippen LogP contribution in [0.25, 0.3) is 0 Å². The molecule has 21 heavy (non-hydrogen) atoms. The number of carbonyl (C=O) groups is 1. The van der Waals surface area contributed by atoms with Crippen LogP contribution in [-0.4, -0.2) is 25.7 Å². The van der Waals surface area contributed by atoms with Crippen LogP contribution >= 0.6 is 0 Å². The van der Waals surface area contributed by atoms with Crippen LogP contribution in [0.2, 0.25) is 0 Å². The van der Waals surface area contributed by atoms with E-state index in [1.165, 1.54) is 5.56 Å². The molecule has 0 radical (unpaired) electrons. The summed E-state index contributed by atoms with van der Waals surface area (Å²) in [5, 5.41) is 2.98. The Hall–Kier alpha value is -1.39. The third-order valence-corrected chi connectivity index (χ3v) is 3.65. The summed E-state index contributed by atoms with van der Waals surface area (Å²) in [7, 11) is 1.57. The Bertz CT molecular complexity index is 466. The Balaban J connectivity index is 2.89. The van der Waals surface area contributed by atoms with Gasteiger partial charge in [0, 0.05) is 19.3 Å². The minimum absolute atomic E-state index is 0.0634. The fourth-order valence-electron chi connectivity index (χ4n) is 2.20. The molecule has 0 aliphatic carbocycles. The smallest absolute Gasteiger partial charge is 0.227 e. The van der Waals surface area contributed by atoms with E-state index in [4.69, 9.17) is 10.5 Å². The molecule has 0 aliphatic heterocycles. The van der Waals surface area contributed by atoms with Crippen LogP contribution in [0.5, 0.6) is 0 Å². The number of hydrogen-bond acceptors (Lipinski definition) is 3. The lowest BCUT2D eigenvalue weighted by Crippen LogP contribution is -2.28. The molecule has 1 aromatic carbocycles. The lowest BCUT2D eigenvalue weighted by Gasteiger charge is -2.18. The van der Waals surface area contributed by atoms with Crippen LogP contribution in [0, 0.1) is 0 Å². The lowest BCUT2D eigenvalue weighted by atomic mass is 9.94. The third-order valence-electron chi connectivity index (χ3n) is 3.65. The Morgan fingerprint density at radius 2 is 1.90 bits per heavy atom. The van der Waals surface area contributed by atoms with Gasteiger partial charge in [-0.25, -0.2) is 0 Å². The highest BCUT2D eigenvalue weighted by atomic mass is 16.5. The summed E-state index contributed by atoms with van der Waals surface area (Å²) >= 11 is 0. The van der Waals surface area contributed by atoms with Gasteiger partial charge in [-0.1, -0.05) is 39.8 Å². The number of carbonyl (C=O) groups excluding carboxylic acids is 1. The highest BCUT2D eigenvalue weighted by molar-refractivity contribution is 5.92. The first-order chi connectivity index (χ1) is 9.88. The molecule has 1 amide bonds. The maximum Gasteiger partial charge on any atom is 0.227 e. The average molecular weight is 292 g/mol. The summed E-state index contributed by atoms with van der Waals surface area (Å²) in [5.41, 5.74) is 8.88. The number of amides is 1. The molecule has 0 heterocycles. The van der Waals surface area contributed by atoms with Crippen molar-refractivity contribution in [3.8, 4) is 0 Å². The van der Waals surface area contributed by atoms with Gasteiger partial charge < -0.3 is 15.8 Å². The van der Waals surface area contributed by atoms with E-state index in [0.717, 1.165) is 11.3 Å². The van der Waals surface area contributed by atoms with Crippen LogP contribution in [0.3, 0.4) is 0 Å². The van der Waals surface area contributed by atoms with Crippen molar-refractivity contribution in [1.82, 2.24) is 0 Å². The van der Waals surface area contributed by atoms with E-state index in [9.17, 15) is 4.79 Å². The van der Waals surface area contributed by atoms with Crippen LogP contribution in [0.15, 0.2) is 18.2 Å². The molecule has 0 aliphatic rings. The topological polar surface area (TPSA) is 64.3 Å². The molecule has 3 N–H and O–H groups in total. The van der Waals surface area contributed by atoms with Gasteiger partial charge in [0.2, 0.25) is 5.91 Å². The van der Waals surface area contributed by atoms with Gasteiger partial charge in [0.25, 0.3) is 0 Å². The summed E-state index contributed by atoms with van der Waals surface area (Å²) in [6, 6.07) is 6.25. The maximum atomic E-state index is 12.1. The highest BCUT2D eigenvalue weighted by Crippen LogP contribution is 2.28. The minimum Gasteiger partial charge on any atom is -0.380 e. The van der Waals surface area contributed by atoms with Crippen molar-refractivity contribution in [2.24, 2.45) is 5.73 Å². The van der Waals surface area contributed by atoms with Gasteiger partial charge in [-0.05, 0) is 29.0 Å². The van der Waals surface area contributed by atoms with Gasteiger partial charge in [0.05, 0.1) is 12.5 Å². The summed E-state index contributed by atoms with van der Waals surface area (Å²) in [6.45, 7) is 8.94. The summed E-state index contributed by atoms with van der Waals surface area (Å²) < 4.78 is 5.15. The van der Waals surface area contributed by atoms with Crippen molar-refractivity contribution in [2.75, 3.05) is 19.0 Å². The van der Waals surface area contributed by atoms with Crippen LogP contribution < -0.4 is 11.1 Å². The fraction of sp³-hybridized carbons (Fsp3) is 0.588. The van der Waals surface area contributed by atoms with E-state index >= 15 is 0 Å². The summed E-state index contributed by atoms with van der Waals surface area (Å²) in [6.07, 6.45) is 0.0404. The Labute approximate surface area is 128 Å². The number of anilines is 1. The number of rotatable bonds is 7. The van der Waals surface area contributed by atoms with E-state index < -0.39 is 0 Å². The SMILES string of the molecule is COC(CN)CC(=O)Nc1ccc(C(C)C)cc1C(C)C. The van der Waals surface area contributed by atoms with Gasteiger partial charge in [-0.2, -0.15) is 0 Å². The maximum absolute atomic E-state index is 12.1. The largest absolute Gasteiger partial charge is 0.380 e. The molecular formula is C17H28N2O2.